The highest BCUT2D eigenvalue weighted by Crippen LogP contribution is 2.37. The zero-order chi connectivity index (χ0) is 24.2. The molecule has 0 aliphatic heterocycles. The molecule has 2 aromatic carbocycles. The van der Waals surface area contributed by atoms with E-state index in [1.807, 2.05) is 0 Å². The molecule has 1 N–H and O–H groups in total. The molecule has 1 heterocycles. The van der Waals surface area contributed by atoms with Gasteiger partial charge in [0, 0.05) is 24.5 Å². The van der Waals surface area contributed by atoms with Crippen LogP contribution in [0.15, 0.2) is 36.7 Å². The Labute approximate surface area is 202 Å². The lowest BCUT2D eigenvalue weighted by molar-refractivity contribution is 0.0801. The highest BCUT2D eigenvalue weighted by molar-refractivity contribution is 6.31. The van der Waals surface area contributed by atoms with Crippen molar-refractivity contribution in [1.82, 2.24) is 14.9 Å². The first kappa shape index (κ1) is 23.8. The molecule has 0 atom stereocenters. The first-order valence-corrected chi connectivity index (χ1v) is 11.3. The molecule has 10 heteroatoms. The standard InChI is InChI=1S/C24H26ClFN4O4/c1-30(24(31)33-3)14-7-9-15(10-8-14)34-21-11-16-19(12-20(21)32-2)27-13-28-23(16)29-18-6-4-5-17(25)22(18)26/h4-6,11-15H,7-10H2,1-3H3,(H,27,28,29)/t14-,15+. The lowest BCUT2D eigenvalue weighted by Crippen LogP contribution is -2.41. The molecule has 1 aliphatic rings. The Hall–Kier alpha value is -3.33. The topological polar surface area (TPSA) is 85.8 Å². The number of benzene rings is 2. The smallest absolute Gasteiger partial charge is 0.409 e. The zero-order valence-corrected chi connectivity index (χ0v) is 19.9. The van der Waals surface area contributed by atoms with Gasteiger partial charge in [-0.25, -0.2) is 19.2 Å². The predicted molar refractivity (Wildman–Crippen MR) is 128 cm³/mol. The van der Waals surface area contributed by atoms with Crippen molar-refractivity contribution >= 4 is 40.1 Å². The van der Waals surface area contributed by atoms with E-state index in [1.54, 1.807) is 43.3 Å². The van der Waals surface area contributed by atoms with Crippen LogP contribution in [0.1, 0.15) is 25.7 Å². The van der Waals surface area contributed by atoms with Crippen molar-refractivity contribution in [2.24, 2.45) is 0 Å². The van der Waals surface area contributed by atoms with Gasteiger partial charge >= 0.3 is 6.09 Å². The third kappa shape index (κ3) is 4.94. The van der Waals surface area contributed by atoms with Crippen LogP contribution >= 0.6 is 11.6 Å². The van der Waals surface area contributed by atoms with Crippen molar-refractivity contribution in [2.45, 2.75) is 37.8 Å². The fourth-order valence-electron chi connectivity index (χ4n) is 4.17. The van der Waals surface area contributed by atoms with Crippen molar-refractivity contribution in [3.63, 3.8) is 0 Å². The average Bonchev–Trinajstić information content (AvgIpc) is 2.86. The molecular weight excluding hydrogens is 463 g/mol. The third-order valence-corrected chi connectivity index (χ3v) is 6.37. The summed E-state index contributed by atoms with van der Waals surface area (Å²) in [5, 5.41) is 3.67. The van der Waals surface area contributed by atoms with Crippen LogP contribution in [-0.2, 0) is 4.74 Å². The SMILES string of the molecule is COC(=O)N(C)[C@H]1CC[C@@H](Oc2cc3c(Nc4cccc(Cl)c4F)ncnc3cc2OC)CC1. The van der Waals surface area contributed by atoms with Gasteiger partial charge in [-0.15, -0.1) is 0 Å². The minimum Gasteiger partial charge on any atom is -0.493 e. The van der Waals surface area contributed by atoms with Crippen molar-refractivity contribution in [3.05, 3.63) is 47.5 Å². The van der Waals surface area contributed by atoms with Gasteiger partial charge < -0.3 is 24.4 Å². The van der Waals surface area contributed by atoms with Gasteiger partial charge in [0.1, 0.15) is 12.1 Å². The first-order valence-electron chi connectivity index (χ1n) is 10.9. The molecule has 8 nitrogen and oxygen atoms in total. The first-order chi connectivity index (χ1) is 16.4. The fourth-order valence-corrected chi connectivity index (χ4v) is 4.34. The molecule has 0 unspecified atom stereocenters. The third-order valence-electron chi connectivity index (χ3n) is 6.07. The summed E-state index contributed by atoms with van der Waals surface area (Å²) < 4.78 is 31.1. The van der Waals surface area contributed by atoms with Gasteiger partial charge in [0.15, 0.2) is 17.3 Å². The molecule has 34 heavy (non-hydrogen) atoms. The number of hydrogen-bond acceptors (Lipinski definition) is 7. The Bertz CT molecular complexity index is 1190. The number of carbonyl (C=O) groups excluding carboxylic acids is 1. The molecule has 1 aliphatic carbocycles. The molecule has 4 rings (SSSR count). The lowest BCUT2D eigenvalue weighted by Gasteiger charge is -2.34. The van der Waals surface area contributed by atoms with E-state index in [1.165, 1.54) is 19.5 Å². The number of ether oxygens (including phenoxy) is 3. The molecule has 1 aromatic heterocycles. The van der Waals surface area contributed by atoms with E-state index in [9.17, 15) is 9.18 Å². The number of hydrogen-bond donors (Lipinski definition) is 1. The quantitative estimate of drug-likeness (QED) is 0.486. The van der Waals surface area contributed by atoms with Crippen molar-refractivity contribution in [1.29, 1.82) is 0 Å². The lowest BCUT2D eigenvalue weighted by atomic mass is 9.92. The summed E-state index contributed by atoms with van der Waals surface area (Å²) >= 11 is 5.91. The van der Waals surface area contributed by atoms with Crippen LogP contribution < -0.4 is 14.8 Å². The molecule has 1 amide bonds. The van der Waals surface area contributed by atoms with E-state index >= 15 is 0 Å². The largest absolute Gasteiger partial charge is 0.493 e. The Morgan fingerprint density at radius 2 is 1.91 bits per heavy atom. The number of methoxy groups -OCH3 is 2. The van der Waals surface area contributed by atoms with Gasteiger partial charge in [0.2, 0.25) is 0 Å². The second-order valence-electron chi connectivity index (χ2n) is 8.10. The Balaban J connectivity index is 1.57. The number of nitrogens with zero attached hydrogens (tertiary/aromatic N) is 3. The summed E-state index contributed by atoms with van der Waals surface area (Å²) in [7, 11) is 4.70. The summed E-state index contributed by atoms with van der Waals surface area (Å²) in [5.74, 6) is 0.945. The Kier molecular flexibility index (Phi) is 7.21. The number of amides is 1. The van der Waals surface area contributed by atoms with Gasteiger partial charge in [0.25, 0.3) is 0 Å². The second-order valence-corrected chi connectivity index (χ2v) is 8.51. The maximum atomic E-state index is 14.4. The van der Waals surface area contributed by atoms with E-state index in [0.29, 0.717) is 28.2 Å². The Morgan fingerprint density at radius 3 is 2.62 bits per heavy atom. The van der Waals surface area contributed by atoms with Crippen molar-refractivity contribution in [3.8, 4) is 11.5 Å². The van der Waals surface area contributed by atoms with Crippen LogP contribution in [0.2, 0.25) is 5.02 Å². The Morgan fingerprint density at radius 1 is 1.15 bits per heavy atom. The molecule has 0 bridgehead atoms. The van der Waals surface area contributed by atoms with Gasteiger partial charge in [-0.2, -0.15) is 0 Å². The van der Waals surface area contributed by atoms with E-state index in [4.69, 9.17) is 25.8 Å². The van der Waals surface area contributed by atoms with Gasteiger partial charge in [-0.05, 0) is 43.9 Å². The normalized spacial score (nSPS) is 17.8. The fraction of sp³-hybridized carbons (Fsp3) is 0.375. The number of halogens is 2. The van der Waals surface area contributed by atoms with Crippen molar-refractivity contribution < 1.29 is 23.4 Å². The van der Waals surface area contributed by atoms with Crippen LogP contribution in [0, 0.1) is 5.82 Å². The number of carbonyl (C=O) groups is 1. The van der Waals surface area contributed by atoms with Gasteiger partial charge in [-0.1, -0.05) is 17.7 Å². The van der Waals surface area contributed by atoms with E-state index < -0.39 is 5.82 Å². The number of aromatic nitrogens is 2. The molecule has 180 valence electrons. The highest BCUT2D eigenvalue weighted by atomic mass is 35.5. The van der Waals surface area contributed by atoms with E-state index in [0.717, 1.165) is 25.7 Å². The number of rotatable bonds is 6. The number of nitrogens with one attached hydrogen (secondary N) is 1. The van der Waals surface area contributed by atoms with Crippen LogP contribution in [0.25, 0.3) is 10.9 Å². The van der Waals surface area contributed by atoms with Crippen LogP contribution in [0.5, 0.6) is 11.5 Å². The molecule has 0 spiro atoms. The van der Waals surface area contributed by atoms with Crippen LogP contribution in [-0.4, -0.2) is 54.4 Å². The summed E-state index contributed by atoms with van der Waals surface area (Å²) in [6.07, 6.45) is 4.17. The average molecular weight is 489 g/mol. The summed E-state index contributed by atoms with van der Waals surface area (Å²) in [6, 6.07) is 8.40. The van der Waals surface area contributed by atoms with Crippen LogP contribution in [0.3, 0.4) is 0 Å². The predicted octanol–water partition coefficient (Wildman–Crippen LogP) is 5.56. The molecule has 0 radical (unpaired) electrons. The molecule has 1 saturated carbocycles. The number of anilines is 2. The maximum absolute atomic E-state index is 14.4. The number of fused-ring (bicyclic) bond motifs is 1. The molecule has 0 saturated heterocycles. The van der Waals surface area contributed by atoms with Crippen molar-refractivity contribution in [2.75, 3.05) is 26.6 Å². The second kappa shape index (κ2) is 10.3. The summed E-state index contributed by atoms with van der Waals surface area (Å²) in [6.45, 7) is 0. The van der Waals surface area contributed by atoms with Gasteiger partial charge in [-0.3, -0.25) is 0 Å². The highest BCUT2D eigenvalue weighted by Gasteiger charge is 2.28. The van der Waals surface area contributed by atoms with E-state index in [2.05, 4.69) is 15.3 Å². The summed E-state index contributed by atoms with van der Waals surface area (Å²) in [5.41, 5.74) is 0.825. The molecule has 3 aromatic rings. The maximum Gasteiger partial charge on any atom is 0.409 e. The molecular formula is C24H26ClFN4O4. The molecule has 1 fully saturated rings. The van der Waals surface area contributed by atoms with Gasteiger partial charge in [0.05, 0.1) is 36.6 Å². The van der Waals surface area contributed by atoms with Crippen LogP contribution in [0.4, 0.5) is 20.7 Å². The van der Waals surface area contributed by atoms with E-state index in [-0.39, 0.29) is 28.9 Å². The summed E-state index contributed by atoms with van der Waals surface area (Å²) in [4.78, 5) is 22.0. The minimum absolute atomic E-state index is 0.0162. The minimum atomic E-state index is -0.561. The zero-order valence-electron chi connectivity index (χ0n) is 19.2. The monoisotopic (exact) mass is 488 g/mol.